The maximum Gasteiger partial charge on any atom is 0.220 e. The zero-order valence-electron chi connectivity index (χ0n) is 11.8. The predicted molar refractivity (Wildman–Crippen MR) is 84.9 cm³/mol. The molecule has 0 aliphatic heterocycles. The van der Waals surface area contributed by atoms with Crippen LogP contribution in [0.25, 0.3) is 0 Å². The molecule has 0 bridgehead atoms. The highest BCUT2D eigenvalue weighted by molar-refractivity contribution is 7.99. The second-order valence-electron chi connectivity index (χ2n) is 5.66. The van der Waals surface area contributed by atoms with E-state index in [1.54, 1.807) is 0 Å². The third kappa shape index (κ3) is 4.83. The van der Waals surface area contributed by atoms with Crippen molar-refractivity contribution in [3.63, 3.8) is 0 Å². The first-order chi connectivity index (χ1) is 8.70. The highest BCUT2D eigenvalue weighted by Gasteiger charge is 2.30. The second kappa shape index (κ2) is 8.38. The molecule has 1 amide bonds. The Hall–Kier alpha value is 0.0700. The first-order valence-corrected chi connectivity index (χ1v) is 8.42. The van der Waals surface area contributed by atoms with Crippen LogP contribution in [0.5, 0.6) is 0 Å². The highest BCUT2D eigenvalue weighted by atomic mass is 35.5. The van der Waals surface area contributed by atoms with Gasteiger partial charge in [-0.15, -0.1) is 12.4 Å². The van der Waals surface area contributed by atoms with Gasteiger partial charge in [-0.2, -0.15) is 11.8 Å². The molecule has 2 aliphatic rings. The van der Waals surface area contributed by atoms with Crippen molar-refractivity contribution in [3.8, 4) is 0 Å². The Morgan fingerprint density at radius 3 is 2.63 bits per heavy atom. The summed E-state index contributed by atoms with van der Waals surface area (Å²) < 4.78 is 0. The van der Waals surface area contributed by atoms with Crippen molar-refractivity contribution in [1.29, 1.82) is 0 Å². The van der Waals surface area contributed by atoms with Crippen LogP contribution in [0.2, 0.25) is 0 Å². The Kier molecular flexibility index (Phi) is 7.55. The average Bonchev–Trinajstić information content (AvgIpc) is 2.91. The number of thioether (sulfide) groups is 1. The van der Waals surface area contributed by atoms with Gasteiger partial charge in [0.25, 0.3) is 0 Å². The van der Waals surface area contributed by atoms with Gasteiger partial charge < -0.3 is 11.1 Å². The molecule has 5 heteroatoms. The van der Waals surface area contributed by atoms with E-state index in [0.29, 0.717) is 23.6 Å². The van der Waals surface area contributed by atoms with Gasteiger partial charge >= 0.3 is 0 Å². The summed E-state index contributed by atoms with van der Waals surface area (Å²) in [6, 6.07) is 0.653. The number of halogens is 1. The summed E-state index contributed by atoms with van der Waals surface area (Å²) in [4.78, 5) is 12.1. The van der Waals surface area contributed by atoms with Gasteiger partial charge in [-0.1, -0.05) is 19.8 Å². The van der Waals surface area contributed by atoms with Gasteiger partial charge in [-0.3, -0.25) is 4.79 Å². The van der Waals surface area contributed by atoms with E-state index in [1.807, 2.05) is 11.8 Å². The first kappa shape index (κ1) is 17.1. The molecule has 0 aromatic rings. The number of hydrogen-bond acceptors (Lipinski definition) is 3. The van der Waals surface area contributed by atoms with Crippen LogP contribution >= 0.6 is 24.2 Å². The fourth-order valence-corrected chi connectivity index (χ4v) is 4.53. The van der Waals surface area contributed by atoms with E-state index < -0.39 is 0 Å². The molecule has 112 valence electrons. The molecule has 0 aromatic carbocycles. The van der Waals surface area contributed by atoms with Crippen molar-refractivity contribution in [2.45, 2.75) is 69.2 Å². The van der Waals surface area contributed by atoms with Gasteiger partial charge in [0.15, 0.2) is 0 Å². The van der Waals surface area contributed by atoms with Crippen molar-refractivity contribution in [1.82, 2.24) is 5.32 Å². The van der Waals surface area contributed by atoms with Crippen LogP contribution in [0.1, 0.15) is 51.9 Å². The summed E-state index contributed by atoms with van der Waals surface area (Å²) in [5.74, 6) is 1.79. The van der Waals surface area contributed by atoms with E-state index in [-0.39, 0.29) is 24.4 Å². The van der Waals surface area contributed by atoms with Crippen molar-refractivity contribution in [2.75, 3.05) is 5.75 Å². The van der Waals surface area contributed by atoms with Gasteiger partial charge in [0, 0.05) is 23.8 Å². The summed E-state index contributed by atoms with van der Waals surface area (Å²) in [6.07, 6.45) is 7.72. The lowest BCUT2D eigenvalue weighted by Crippen LogP contribution is -2.40. The largest absolute Gasteiger partial charge is 0.352 e. The fraction of sp³-hybridized carbons (Fsp3) is 0.929. The highest BCUT2D eigenvalue weighted by Crippen LogP contribution is 2.31. The molecule has 0 radical (unpaired) electrons. The fourth-order valence-electron chi connectivity index (χ4n) is 3.33. The second-order valence-corrected chi connectivity index (χ2v) is 7.17. The van der Waals surface area contributed by atoms with Crippen LogP contribution in [0.3, 0.4) is 0 Å². The lowest BCUT2D eigenvalue weighted by atomic mass is 9.99. The molecule has 2 aliphatic carbocycles. The molecular weight excluding hydrogens is 280 g/mol. The zero-order chi connectivity index (χ0) is 13.0. The Balaban J connectivity index is 0.00000180. The number of hydrogen-bond donors (Lipinski definition) is 2. The Labute approximate surface area is 127 Å². The lowest BCUT2D eigenvalue weighted by Gasteiger charge is -2.22. The molecule has 2 saturated carbocycles. The number of rotatable bonds is 5. The van der Waals surface area contributed by atoms with Crippen molar-refractivity contribution in [2.24, 2.45) is 11.7 Å². The number of amides is 1. The molecule has 0 aromatic heterocycles. The van der Waals surface area contributed by atoms with Gasteiger partial charge in [0.2, 0.25) is 5.91 Å². The van der Waals surface area contributed by atoms with Crippen LogP contribution in [-0.2, 0) is 4.79 Å². The van der Waals surface area contributed by atoms with E-state index in [2.05, 4.69) is 12.2 Å². The Bertz CT molecular complexity index is 291. The minimum absolute atomic E-state index is 0. The van der Waals surface area contributed by atoms with Crippen LogP contribution in [0, 0.1) is 5.92 Å². The standard InChI is InChI=1S/C14H26N2OS.ClH/c1-2-18-13-8-4-7-12(13)16-14(17)9-10-5-3-6-11(10)15;/h10-13H,2-9,15H2,1H3,(H,16,17);1H/t10-,11+,12?,13?;/m0./s1. The summed E-state index contributed by atoms with van der Waals surface area (Å²) in [7, 11) is 0. The third-order valence-corrected chi connectivity index (χ3v) is 5.67. The Morgan fingerprint density at radius 1 is 1.26 bits per heavy atom. The van der Waals surface area contributed by atoms with Gasteiger partial charge in [0.05, 0.1) is 0 Å². The van der Waals surface area contributed by atoms with Gasteiger partial charge in [-0.05, 0) is 37.4 Å². The smallest absolute Gasteiger partial charge is 0.220 e. The topological polar surface area (TPSA) is 55.1 Å². The quantitative estimate of drug-likeness (QED) is 0.821. The molecule has 0 saturated heterocycles. The van der Waals surface area contributed by atoms with E-state index >= 15 is 0 Å². The van der Waals surface area contributed by atoms with Crippen LogP contribution in [0.15, 0.2) is 0 Å². The summed E-state index contributed by atoms with van der Waals surface area (Å²) in [5.41, 5.74) is 6.03. The first-order valence-electron chi connectivity index (χ1n) is 7.37. The molecule has 2 rings (SSSR count). The molecule has 19 heavy (non-hydrogen) atoms. The minimum Gasteiger partial charge on any atom is -0.352 e. The predicted octanol–water partition coefficient (Wildman–Crippen LogP) is 2.72. The molecule has 4 atom stereocenters. The van der Waals surface area contributed by atoms with Crippen molar-refractivity contribution < 1.29 is 4.79 Å². The van der Waals surface area contributed by atoms with E-state index in [4.69, 9.17) is 5.73 Å². The third-order valence-electron chi connectivity index (χ3n) is 4.35. The number of carbonyl (C=O) groups excluding carboxylic acids is 1. The number of nitrogens with two attached hydrogens (primary N) is 1. The molecule has 2 fully saturated rings. The van der Waals surface area contributed by atoms with Crippen LogP contribution in [-0.4, -0.2) is 29.0 Å². The maximum atomic E-state index is 12.1. The summed E-state index contributed by atoms with van der Waals surface area (Å²) in [6.45, 7) is 2.19. The van der Waals surface area contributed by atoms with Crippen molar-refractivity contribution in [3.05, 3.63) is 0 Å². The number of nitrogens with one attached hydrogen (secondary N) is 1. The molecule has 2 unspecified atom stereocenters. The summed E-state index contributed by atoms with van der Waals surface area (Å²) in [5, 5.41) is 3.88. The molecule has 0 heterocycles. The van der Waals surface area contributed by atoms with Crippen LogP contribution < -0.4 is 11.1 Å². The number of carbonyl (C=O) groups is 1. The zero-order valence-corrected chi connectivity index (χ0v) is 13.4. The van der Waals surface area contributed by atoms with Crippen LogP contribution in [0.4, 0.5) is 0 Å². The minimum atomic E-state index is 0. The SMILES string of the molecule is CCSC1CCCC1NC(=O)C[C@@H]1CCC[C@H]1N.Cl. The average molecular weight is 307 g/mol. The Morgan fingerprint density at radius 2 is 2.00 bits per heavy atom. The van der Waals surface area contributed by atoms with Gasteiger partial charge in [0.1, 0.15) is 0 Å². The molecule has 3 N–H and O–H groups in total. The molecule has 3 nitrogen and oxygen atoms in total. The summed E-state index contributed by atoms with van der Waals surface area (Å²) >= 11 is 1.99. The molecular formula is C14H27ClN2OS. The monoisotopic (exact) mass is 306 g/mol. The maximum absolute atomic E-state index is 12.1. The lowest BCUT2D eigenvalue weighted by molar-refractivity contribution is -0.122. The van der Waals surface area contributed by atoms with Gasteiger partial charge in [-0.25, -0.2) is 0 Å². The van der Waals surface area contributed by atoms with E-state index in [0.717, 1.165) is 25.0 Å². The van der Waals surface area contributed by atoms with E-state index in [9.17, 15) is 4.79 Å². The normalized spacial score (nSPS) is 34.0. The van der Waals surface area contributed by atoms with E-state index in [1.165, 1.54) is 19.3 Å². The van der Waals surface area contributed by atoms with Crippen molar-refractivity contribution >= 4 is 30.1 Å². The molecule has 0 spiro atoms.